The summed E-state index contributed by atoms with van der Waals surface area (Å²) in [4.78, 5) is 15.1. The van der Waals surface area contributed by atoms with Crippen LogP contribution in [0.3, 0.4) is 0 Å². The van der Waals surface area contributed by atoms with E-state index in [-0.39, 0.29) is 16.4 Å². The lowest BCUT2D eigenvalue weighted by Crippen LogP contribution is -2.24. The number of nitrogens with zero attached hydrogens (tertiary/aromatic N) is 1. The van der Waals surface area contributed by atoms with Crippen LogP contribution in [0.4, 0.5) is 5.69 Å². The Labute approximate surface area is 201 Å². The van der Waals surface area contributed by atoms with Crippen LogP contribution in [0, 0.1) is 0 Å². The molecule has 3 aromatic rings. The molecule has 0 spiro atoms. The van der Waals surface area contributed by atoms with Gasteiger partial charge in [0.25, 0.3) is 15.9 Å². The lowest BCUT2D eigenvalue weighted by molar-refractivity contribution is 0.0950. The summed E-state index contributed by atoms with van der Waals surface area (Å²) >= 11 is 0. The highest BCUT2D eigenvalue weighted by Gasteiger charge is 2.17. The number of amides is 1. The molecule has 0 heterocycles. The van der Waals surface area contributed by atoms with Gasteiger partial charge >= 0.3 is 0 Å². The Morgan fingerprint density at radius 1 is 0.912 bits per heavy atom. The summed E-state index contributed by atoms with van der Waals surface area (Å²) in [5.74, 6) is 0.288. The molecule has 0 unspecified atom stereocenters. The number of carbonyl (C=O) groups is 1. The summed E-state index contributed by atoms with van der Waals surface area (Å²) in [6.45, 7) is 7.43. The van der Waals surface area contributed by atoms with E-state index in [0.717, 1.165) is 25.2 Å². The molecule has 1 amide bonds. The Balaban J connectivity index is 1.66. The van der Waals surface area contributed by atoms with E-state index < -0.39 is 10.0 Å². The average Bonchev–Trinajstić information content (AvgIpc) is 2.86. The number of sulfonamides is 1. The van der Waals surface area contributed by atoms with Gasteiger partial charge in [0.05, 0.1) is 12.0 Å². The van der Waals surface area contributed by atoms with Gasteiger partial charge in [-0.05, 0) is 66.7 Å². The maximum Gasteiger partial charge on any atom is 0.261 e. The first-order valence-corrected chi connectivity index (χ1v) is 12.7. The lowest BCUT2D eigenvalue weighted by Gasteiger charge is -2.18. The predicted octanol–water partition coefficient (Wildman–Crippen LogP) is 4.27. The first kappa shape index (κ1) is 25.3. The summed E-state index contributed by atoms with van der Waals surface area (Å²) < 4.78 is 33.2. The number of rotatable bonds is 11. The van der Waals surface area contributed by atoms with E-state index in [1.165, 1.54) is 17.7 Å². The maximum atomic E-state index is 12.8. The van der Waals surface area contributed by atoms with Crippen LogP contribution in [0.15, 0.2) is 77.7 Å². The van der Waals surface area contributed by atoms with Gasteiger partial charge in [-0.3, -0.25) is 14.4 Å². The van der Waals surface area contributed by atoms with Gasteiger partial charge in [-0.15, -0.1) is 0 Å². The third-order valence-corrected chi connectivity index (χ3v) is 6.87. The third-order valence-electron chi connectivity index (χ3n) is 5.49. The monoisotopic (exact) mass is 481 g/mol. The van der Waals surface area contributed by atoms with Crippen LogP contribution in [0.25, 0.3) is 0 Å². The summed E-state index contributed by atoms with van der Waals surface area (Å²) in [6, 6.07) is 20.6. The minimum absolute atomic E-state index is 0.0113. The molecule has 0 saturated heterocycles. The van der Waals surface area contributed by atoms with Crippen molar-refractivity contribution < 1.29 is 17.9 Å². The SMILES string of the molecule is CCN(CC)Cc1cccc(CNC(=O)c2cccc(S(=O)(=O)Nc3ccc(OC)cc3)c2)c1. The molecule has 3 rings (SSSR count). The molecule has 0 aromatic heterocycles. The molecule has 0 aliphatic rings. The minimum Gasteiger partial charge on any atom is -0.497 e. The molecule has 0 radical (unpaired) electrons. The second-order valence-corrected chi connectivity index (χ2v) is 9.51. The fourth-order valence-corrected chi connectivity index (χ4v) is 4.61. The van der Waals surface area contributed by atoms with Crippen molar-refractivity contribution in [1.82, 2.24) is 10.2 Å². The lowest BCUT2D eigenvalue weighted by atomic mass is 10.1. The van der Waals surface area contributed by atoms with Crippen molar-refractivity contribution in [1.29, 1.82) is 0 Å². The Morgan fingerprint density at radius 2 is 1.59 bits per heavy atom. The maximum absolute atomic E-state index is 12.8. The van der Waals surface area contributed by atoms with Gasteiger partial charge in [-0.2, -0.15) is 0 Å². The summed E-state index contributed by atoms with van der Waals surface area (Å²) in [5, 5.41) is 2.88. The molecule has 0 aliphatic heterocycles. The number of ether oxygens (including phenoxy) is 1. The van der Waals surface area contributed by atoms with Gasteiger partial charge in [-0.1, -0.05) is 44.2 Å². The van der Waals surface area contributed by atoms with Gasteiger partial charge in [0.15, 0.2) is 0 Å². The quantitative estimate of drug-likeness (QED) is 0.427. The van der Waals surface area contributed by atoms with Crippen molar-refractivity contribution in [2.24, 2.45) is 0 Å². The van der Waals surface area contributed by atoms with Gasteiger partial charge in [-0.25, -0.2) is 8.42 Å². The van der Waals surface area contributed by atoms with Crippen LogP contribution in [-0.2, 0) is 23.1 Å². The normalized spacial score (nSPS) is 11.3. The van der Waals surface area contributed by atoms with E-state index >= 15 is 0 Å². The zero-order chi connectivity index (χ0) is 24.6. The fourth-order valence-electron chi connectivity index (χ4n) is 3.51. The summed E-state index contributed by atoms with van der Waals surface area (Å²) in [6.07, 6.45) is 0. The van der Waals surface area contributed by atoms with Crippen LogP contribution >= 0.6 is 0 Å². The Bertz CT molecular complexity index is 1210. The summed E-state index contributed by atoms with van der Waals surface area (Å²) in [7, 11) is -2.31. The van der Waals surface area contributed by atoms with E-state index in [9.17, 15) is 13.2 Å². The largest absolute Gasteiger partial charge is 0.497 e. The standard InChI is InChI=1S/C26H31N3O4S/c1-4-29(5-2)19-21-9-6-8-20(16-21)18-27-26(30)22-10-7-11-25(17-22)34(31,32)28-23-12-14-24(33-3)15-13-23/h6-17,28H,4-5,18-19H2,1-3H3,(H,27,30). The van der Waals surface area contributed by atoms with E-state index in [4.69, 9.17) is 4.74 Å². The first-order valence-electron chi connectivity index (χ1n) is 11.2. The number of anilines is 1. The highest BCUT2D eigenvalue weighted by atomic mass is 32.2. The van der Waals surface area contributed by atoms with Gasteiger partial charge in [0, 0.05) is 24.3 Å². The van der Waals surface area contributed by atoms with Crippen LogP contribution in [0.5, 0.6) is 5.75 Å². The Morgan fingerprint density at radius 3 is 2.26 bits per heavy atom. The second kappa shape index (κ2) is 11.7. The number of benzene rings is 3. The van der Waals surface area contributed by atoms with E-state index in [2.05, 4.69) is 40.9 Å². The Kier molecular flexibility index (Phi) is 8.67. The molecule has 0 saturated carbocycles. The average molecular weight is 482 g/mol. The molecule has 0 aliphatic carbocycles. The van der Waals surface area contributed by atoms with Crippen molar-refractivity contribution in [3.8, 4) is 5.75 Å². The topological polar surface area (TPSA) is 87.7 Å². The molecule has 0 atom stereocenters. The molecule has 0 bridgehead atoms. The van der Waals surface area contributed by atoms with Crippen LogP contribution in [0.2, 0.25) is 0 Å². The van der Waals surface area contributed by atoms with Crippen molar-refractivity contribution in [2.75, 3.05) is 24.9 Å². The van der Waals surface area contributed by atoms with E-state index in [0.29, 0.717) is 18.0 Å². The molecule has 3 aromatic carbocycles. The predicted molar refractivity (Wildman–Crippen MR) is 134 cm³/mol. The molecule has 2 N–H and O–H groups in total. The molecular formula is C26H31N3O4S. The molecule has 8 heteroatoms. The van der Waals surface area contributed by atoms with Gasteiger partial charge in [0.1, 0.15) is 5.75 Å². The van der Waals surface area contributed by atoms with E-state index in [1.54, 1.807) is 43.5 Å². The van der Waals surface area contributed by atoms with Crippen molar-refractivity contribution in [3.05, 3.63) is 89.5 Å². The van der Waals surface area contributed by atoms with Crippen LogP contribution < -0.4 is 14.8 Å². The Hall–Kier alpha value is -3.36. The van der Waals surface area contributed by atoms with Crippen molar-refractivity contribution >= 4 is 21.6 Å². The number of hydrogen-bond donors (Lipinski definition) is 2. The molecule has 180 valence electrons. The molecule has 7 nitrogen and oxygen atoms in total. The minimum atomic E-state index is -3.85. The molecule has 0 fully saturated rings. The van der Waals surface area contributed by atoms with Crippen molar-refractivity contribution in [3.63, 3.8) is 0 Å². The second-order valence-electron chi connectivity index (χ2n) is 7.83. The van der Waals surface area contributed by atoms with Gasteiger partial charge in [0.2, 0.25) is 0 Å². The van der Waals surface area contributed by atoms with Gasteiger partial charge < -0.3 is 10.1 Å². The van der Waals surface area contributed by atoms with Crippen LogP contribution in [0.1, 0.15) is 35.3 Å². The zero-order valence-electron chi connectivity index (χ0n) is 19.7. The highest BCUT2D eigenvalue weighted by Crippen LogP contribution is 2.20. The number of nitrogens with one attached hydrogen (secondary N) is 2. The third kappa shape index (κ3) is 6.82. The number of hydrogen-bond acceptors (Lipinski definition) is 5. The fraction of sp³-hybridized carbons (Fsp3) is 0.269. The molecular weight excluding hydrogens is 450 g/mol. The smallest absolute Gasteiger partial charge is 0.261 e. The first-order chi connectivity index (χ1) is 16.3. The number of carbonyl (C=O) groups excluding carboxylic acids is 1. The highest BCUT2D eigenvalue weighted by molar-refractivity contribution is 7.92. The summed E-state index contributed by atoms with van der Waals surface area (Å²) in [5.41, 5.74) is 2.85. The number of methoxy groups -OCH3 is 1. The zero-order valence-corrected chi connectivity index (χ0v) is 20.6. The van der Waals surface area contributed by atoms with Crippen LogP contribution in [-0.4, -0.2) is 39.4 Å². The molecule has 34 heavy (non-hydrogen) atoms. The van der Waals surface area contributed by atoms with Crippen molar-refractivity contribution in [2.45, 2.75) is 31.8 Å². The van der Waals surface area contributed by atoms with E-state index in [1.807, 2.05) is 12.1 Å².